The number of rotatable bonds is 9. The van der Waals surface area contributed by atoms with E-state index in [1.807, 2.05) is 17.0 Å². The molecule has 0 saturated carbocycles. The summed E-state index contributed by atoms with van der Waals surface area (Å²) in [7, 11) is 0. The van der Waals surface area contributed by atoms with E-state index in [1.54, 1.807) is 44.3 Å². The van der Waals surface area contributed by atoms with Gasteiger partial charge >= 0.3 is 6.18 Å². The second kappa shape index (κ2) is 14.8. The average molecular weight is 649 g/mol. The molecule has 2 saturated heterocycles. The van der Waals surface area contributed by atoms with Crippen LogP contribution in [0.3, 0.4) is 0 Å². The number of benzene rings is 1. The van der Waals surface area contributed by atoms with Crippen LogP contribution in [0.2, 0.25) is 0 Å². The zero-order valence-corrected chi connectivity index (χ0v) is 27.1. The van der Waals surface area contributed by atoms with Crippen LogP contribution >= 0.6 is 0 Å². The standard InChI is InChI=1S/C36H43F3N6O2/c1-35(2,24-40)33-10-8-29(22-42-33)41-15-3-4-30-21-28-20-27(7-9-32(28)45(30)25-36(37,38)39)6-5-26-11-18-44(19-12-26)34(47)23-43-16-13-31(46)14-17-43/h7-10,20-22,26,31,41,46H,5-6,11-19,23,25H2,1-2H3. The molecule has 5 rings (SSSR count). The van der Waals surface area contributed by atoms with Crippen molar-refractivity contribution < 1.29 is 23.1 Å². The van der Waals surface area contributed by atoms with Crippen molar-refractivity contribution in [3.63, 3.8) is 0 Å². The van der Waals surface area contributed by atoms with Gasteiger partial charge in [-0.1, -0.05) is 12.0 Å². The minimum Gasteiger partial charge on any atom is -0.393 e. The summed E-state index contributed by atoms with van der Waals surface area (Å²) in [5.74, 6) is 6.52. The second-order valence-corrected chi connectivity index (χ2v) is 13.3. The second-order valence-electron chi connectivity index (χ2n) is 13.3. The molecule has 0 spiro atoms. The molecule has 0 radical (unpaired) electrons. The number of aliphatic hydroxyl groups excluding tert-OH is 1. The van der Waals surface area contributed by atoms with Crippen molar-refractivity contribution in [2.24, 2.45) is 5.92 Å². The Labute approximate surface area is 274 Å². The number of nitriles is 1. The summed E-state index contributed by atoms with van der Waals surface area (Å²) in [5, 5.41) is 22.8. The number of hydrogen-bond acceptors (Lipinski definition) is 6. The van der Waals surface area contributed by atoms with Crippen LogP contribution in [-0.4, -0.2) is 81.9 Å². The Bertz CT molecular complexity index is 1630. The Balaban J connectivity index is 1.17. The third-order valence-electron chi connectivity index (χ3n) is 9.31. The van der Waals surface area contributed by atoms with Gasteiger partial charge in [-0.25, -0.2) is 0 Å². The predicted octanol–water partition coefficient (Wildman–Crippen LogP) is 5.49. The maximum absolute atomic E-state index is 13.5. The summed E-state index contributed by atoms with van der Waals surface area (Å²) >= 11 is 0. The number of fused-ring (bicyclic) bond motifs is 1. The lowest BCUT2D eigenvalue weighted by atomic mass is 9.90. The Morgan fingerprint density at radius 1 is 1.06 bits per heavy atom. The molecule has 0 unspecified atom stereocenters. The van der Waals surface area contributed by atoms with E-state index >= 15 is 0 Å². The van der Waals surface area contributed by atoms with Gasteiger partial charge in [-0.05, 0) is 100 Å². The number of aryl methyl sites for hydroxylation is 1. The Hall–Kier alpha value is -4.06. The van der Waals surface area contributed by atoms with E-state index in [1.165, 1.54) is 4.57 Å². The molecule has 2 aromatic heterocycles. The van der Waals surface area contributed by atoms with Gasteiger partial charge in [0.25, 0.3) is 0 Å². The summed E-state index contributed by atoms with van der Waals surface area (Å²) in [6, 6.07) is 13.2. The molecule has 250 valence electrons. The van der Waals surface area contributed by atoms with E-state index in [0.717, 1.165) is 75.7 Å². The number of anilines is 1. The van der Waals surface area contributed by atoms with Crippen LogP contribution < -0.4 is 5.32 Å². The van der Waals surface area contributed by atoms with Gasteiger partial charge in [-0.3, -0.25) is 14.7 Å². The number of likely N-dealkylation sites (tertiary alicyclic amines) is 2. The fraction of sp³-hybridized carbons (Fsp3) is 0.528. The zero-order chi connectivity index (χ0) is 33.6. The maximum Gasteiger partial charge on any atom is 0.406 e. The lowest BCUT2D eigenvalue weighted by Gasteiger charge is -2.35. The van der Waals surface area contributed by atoms with Crippen molar-refractivity contribution >= 4 is 22.5 Å². The third kappa shape index (κ3) is 9.27. The summed E-state index contributed by atoms with van der Waals surface area (Å²) in [4.78, 5) is 21.2. The number of pyridine rings is 1. The molecular formula is C36H43F3N6O2. The van der Waals surface area contributed by atoms with Crippen LogP contribution in [0.15, 0.2) is 42.6 Å². The lowest BCUT2D eigenvalue weighted by molar-refractivity contribution is -0.140. The Kier molecular flexibility index (Phi) is 10.8. The van der Waals surface area contributed by atoms with Crippen LogP contribution in [0.5, 0.6) is 0 Å². The van der Waals surface area contributed by atoms with Gasteiger partial charge in [0.1, 0.15) is 6.54 Å². The molecule has 0 bridgehead atoms. The quantitative estimate of drug-likeness (QED) is 0.298. The maximum atomic E-state index is 13.5. The number of hydrogen-bond donors (Lipinski definition) is 2. The number of carbonyl (C=O) groups is 1. The molecule has 1 aromatic carbocycles. The number of nitrogens with zero attached hydrogens (tertiary/aromatic N) is 5. The predicted molar refractivity (Wildman–Crippen MR) is 176 cm³/mol. The molecule has 3 aromatic rings. The van der Waals surface area contributed by atoms with Gasteiger partial charge in [0, 0.05) is 37.1 Å². The first-order valence-electron chi connectivity index (χ1n) is 16.4. The first-order valence-corrected chi connectivity index (χ1v) is 16.4. The van der Waals surface area contributed by atoms with Crippen molar-refractivity contribution in [1.82, 2.24) is 19.4 Å². The number of carbonyl (C=O) groups excluding carboxylic acids is 1. The highest BCUT2D eigenvalue weighted by Crippen LogP contribution is 2.28. The van der Waals surface area contributed by atoms with Crippen molar-refractivity contribution in [3.8, 4) is 17.9 Å². The normalized spacial score (nSPS) is 16.9. The van der Waals surface area contributed by atoms with Gasteiger partial charge in [0.15, 0.2) is 0 Å². The molecule has 2 aliphatic rings. The molecule has 2 fully saturated rings. The molecule has 4 heterocycles. The van der Waals surface area contributed by atoms with Crippen LogP contribution in [0.1, 0.15) is 62.9 Å². The fourth-order valence-corrected chi connectivity index (χ4v) is 6.35. The van der Waals surface area contributed by atoms with E-state index in [0.29, 0.717) is 35.1 Å². The van der Waals surface area contributed by atoms with Crippen molar-refractivity contribution in [2.75, 3.05) is 44.6 Å². The number of piperidine rings is 2. The molecule has 0 aliphatic carbocycles. The highest BCUT2D eigenvalue weighted by atomic mass is 19.4. The number of nitrogens with one attached hydrogen (secondary N) is 1. The van der Waals surface area contributed by atoms with Crippen molar-refractivity contribution in [3.05, 3.63) is 59.5 Å². The number of halogens is 3. The summed E-state index contributed by atoms with van der Waals surface area (Å²) in [6.45, 7) is 6.11. The highest BCUT2D eigenvalue weighted by molar-refractivity contribution is 5.83. The van der Waals surface area contributed by atoms with Crippen molar-refractivity contribution in [1.29, 1.82) is 5.26 Å². The first kappa shape index (κ1) is 34.3. The molecule has 2 aliphatic heterocycles. The van der Waals surface area contributed by atoms with E-state index in [4.69, 9.17) is 0 Å². The van der Waals surface area contributed by atoms with E-state index in [-0.39, 0.29) is 18.6 Å². The number of aromatic nitrogens is 2. The van der Waals surface area contributed by atoms with Gasteiger partial charge in [0.05, 0.1) is 53.9 Å². The average Bonchev–Trinajstić information content (AvgIpc) is 3.38. The topological polar surface area (TPSA) is 97.4 Å². The molecule has 11 heteroatoms. The number of alkyl halides is 3. The summed E-state index contributed by atoms with van der Waals surface area (Å²) in [5.41, 5.74) is 2.52. The molecule has 8 nitrogen and oxygen atoms in total. The van der Waals surface area contributed by atoms with Crippen LogP contribution in [0.25, 0.3) is 10.9 Å². The SMILES string of the molecule is CC(C)(C#N)c1ccc(NCC#Cc2cc3cc(CCC4CCN(C(=O)CN5CCC(O)CC5)CC4)ccc3n2CC(F)(F)F)cn1. The molecule has 0 atom stereocenters. The Morgan fingerprint density at radius 3 is 2.47 bits per heavy atom. The van der Waals surface area contributed by atoms with E-state index < -0.39 is 18.1 Å². The summed E-state index contributed by atoms with van der Waals surface area (Å²) < 4.78 is 41.9. The number of amides is 1. The van der Waals surface area contributed by atoms with Gasteiger partial charge in [-0.2, -0.15) is 18.4 Å². The minimum atomic E-state index is -4.39. The van der Waals surface area contributed by atoms with Gasteiger partial charge in [0.2, 0.25) is 5.91 Å². The molecule has 1 amide bonds. The fourth-order valence-electron chi connectivity index (χ4n) is 6.35. The smallest absolute Gasteiger partial charge is 0.393 e. The lowest BCUT2D eigenvalue weighted by Crippen LogP contribution is -2.46. The van der Waals surface area contributed by atoms with Crippen molar-refractivity contribution in [2.45, 2.75) is 76.6 Å². The van der Waals surface area contributed by atoms with Crippen LogP contribution in [-0.2, 0) is 23.2 Å². The van der Waals surface area contributed by atoms with E-state index in [2.05, 4.69) is 33.1 Å². The molecule has 47 heavy (non-hydrogen) atoms. The highest BCUT2D eigenvalue weighted by Gasteiger charge is 2.30. The van der Waals surface area contributed by atoms with Crippen LogP contribution in [0.4, 0.5) is 18.9 Å². The van der Waals surface area contributed by atoms with E-state index in [9.17, 15) is 28.3 Å². The molecule has 2 N–H and O–H groups in total. The van der Waals surface area contributed by atoms with Gasteiger partial charge in [-0.15, -0.1) is 0 Å². The van der Waals surface area contributed by atoms with Gasteiger partial charge < -0.3 is 19.9 Å². The summed E-state index contributed by atoms with van der Waals surface area (Å²) in [6.07, 6.45) is 2.08. The zero-order valence-electron chi connectivity index (χ0n) is 27.1. The molecular weight excluding hydrogens is 605 g/mol. The van der Waals surface area contributed by atoms with Crippen LogP contribution in [0, 0.1) is 29.1 Å². The first-order chi connectivity index (χ1) is 22.4. The third-order valence-corrected chi connectivity index (χ3v) is 9.31. The Morgan fingerprint density at radius 2 is 1.81 bits per heavy atom. The monoisotopic (exact) mass is 648 g/mol. The minimum absolute atomic E-state index is 0.162. The largest absolute Gasteiger partial charge is 0.406 e. The number of aliphatic hydroxyl groups is 1.